The maximum Gasteiger partial charge on any atom is 0.323 e. The van der Waals surface area contributed by atoms with Crippen LogP contribution in [0.5, 0.6) is 5.75 Å². The predicted octanol–water partition coefficient (Wildman–Crippen LogP) is 5.50. The summed E-state index contributed by atoms with van der Waals surface area (Å²) in [5.74, 6) is 1.49. The van der Waals surface area contributed by atoms with Crippen LogP contribution in [0.1, 0.15) is 63.4 Å². The third kappa shape index (κ3) is 6.39. The summed E-state index contributed by atoms with van der Waals surface area (Å²) in [6, 6.07) is 6.55. The Labute approximate surface area is 219 Å². The van der Waals surface area contributed by atoms with E-state index in [1.807, 2.05) is 17.2 Å². The molecular formula is C28H41N5O2S. The molecule has 1 saturated carbocycles. The maximum atomic E-state index is 12.9. The molecule has 0 bridgehead atoms. The van der Waals surface area contributed by atoms with Crippen LogP contribution in [0.15, 0.2) is 23.6 Å². The molecule has 3 fully saturated rings. The number of hydrogen-bond acceptors (Lipinski definition) is 6. The van der Waals surface area contributed by atoms with Gasteiger partial charge in [0, 0.05) is 50.2 Å². The number of likely N-dealkylation sites (tertiary alicyclic amines) is 1. The van der Waals surface area contributed by atoms with Gasteiger partial charge >= 0.3 is 6.03 Å². The van der Waals surface area contributed by atoms with E-state index in [1.165, 1.54) is 74.9 Å². The van der Waals surface area contributed by atoms with Crippen LogP contribution in [0.3, 0.4) is 0 Å². The second-order valence-electron chi connectivity index (χ2n) is 10.4. The van der Waals surface area contributed by atoms with Crippen LogP contribution in [0.4, 0.5) is 9.93 Å². The normalized spacial score (nSPS) is 20.1. The Morgan fingerprint density at radius 1 is 1.00 bits per heavy atom. The van der Waals surface area contributed by atoms with E-state index in [4.69, 9.17) is 9.72 Å². The van der Waals surface area contributed by atoms with Crippen LogP contribution >= 0.6 is 11.3 Å². The Kier molecular flexibility index (Phi) is 8.77. The molecule has 0 spiro atoms. The summed E-state index contributed by atoms with van der Waals surface area (Å²) in [5, 5.41) is 5.74. The molecule has 2 aliphatic heterocycles. The Balaban J connectivity index is 1.18. The number of benzene rings is 1. The molecule has 3 aliphatic rings. The number of hydrogen-bond donors (Lipinski definition) is 1. The van der Waals surface area contributed by atoms with Gasteiger partial charge in [-0.25, -0.2) is 9.78 Å². The van der Waals surface area contributed by atoms with Gasteiger partial charge < -0.3 is 14.5 Å². The van der Waals surface area contributed by atoms with Crippen molar-refractivity contribution in [3.05, 3.63) is 29.1 Å². The fraction of sp³-hybridized carbons (Fsp3) is 0.643. The summed E-state index contributed by atoms with van der Waals surface area (Å²) >= 11 is 1.49. The van der Waals surface area contributed by atoms with Gasteiger partial charge in [0.05, 0.1) is 12.3 Å². The second kappa shape index (κ2) is 12.4. The van der Waals surface area contributed by atoms with Crippen LogP contribution < -0.4 is 10.1 Å². The Morgan fingerprint density at radius 2 is 1.72 bits per heavy atom. The lowest BCUT2D eigenvalue weighted by molar-refractivity contribution is 0.137. The minimum atomic E-state index is -0.0453. The van der Waals surface area contributed by atoms with Gasteiger partial charge in [-0.15, -0.1) is 11.3 Å². The monoisotopic (exact) mass is 511 g/mol. The van der Waals surface area contributed by atoms with Gasteiger partial charge in [-0.1, -0.05) is 25.3 Å². The topological polar surface area (TPSA) is 60.9 Å². The van der Waals surface area contributed by atoms with Crippen LogP contribution in [0, 0.1) is 0 Å². The molecule has 0 radical (unpaired) electrons. The highest BCUT2D eigenvalue weighted by Gasteiger charge is 2.23. The zero-order valence-electron chi connectivity index (χ0n) is 21.7. The number of nitrogens with one attached hydrogen (secondary N) is 1. The first-order valence-electron chi connectivity index (χ1n) is 13.9. The van der Waals surface area contributed by atoms with Gasteiger partial charge in [-0.2, -0.15) is 0 Å². The van der Waals surface area contributed by atoms with Crippen molar-refractivity contribution in [3.63, 3.8) is 0 Å². The lowest BCUT2D eigenvalue weighted by Crippen LogP contribution is -2.51. The molecule has 196 valence electrons. The Bertz CT molecular complexity index is 992. The number of carbonyl (C=O) groups excluding carboxylic acids is 1. The molecule has 5 rings (SSSR count). The van der Waals surface area contributed by atoms with Gasteiger partial charge in [0.15, 0.2) is 5.13 Å². The third-order valence-electron chi connectivity index (χ3n) is 7.96. The summed E-state index contributed by atoms with van der Waals surface area (Å²) in [7, 11) is 0. The summed E-state index contributed by atoms with van der Waals surface area (Å²) in [4.78, 5) is 24.7. The molecule has 8 heteroatoms. The van der Waals surface area contributed by atoms with E-state index < -0.39 is 0 Å². The molecule has 0 atom stereocenters. The average molecular weight is 512 g/mol. The predicted molar refractivity (Wildman–Crippen MR) is 147 cm³/mol. The van der Waals surface area contributed by atoms with E-state index in [9.17, 15) is 4.79 Å². The number of anilines is 1. The van der Waals surface area contributed by atoms with Crippen molar-refractivity contribution in [1.29, 1.82) is 0 Å². The molecule has 7 nitrogen and oxygen atoms in total. The first-order valence-corrected chi connectivity index (χ1v) is 14.8. The Morgan fingerprint density at radius 3 is 2.44 bits per heavy atom. The molecule has 1 N–H and O–H groups in total. The number of thiazole rings is 1. The summed E-state index contributed by atoms with van der Waals surface area (Å²) in [6.45, 7) is 10.8. The smallest absolute Gasteiger partial charge is 0.323 e. The number of amides is 2. The number of urea groups is 1. The number of nitrogens with zero attached hydrogens (tertiary/aromatic N) is 4. The minimum Gasteiger partial charge on any atom is -0.493 e. The van der Waals surface area contributed by atoms with Crippen LogP contribution in [0.2, 0.25) is 0 Å². The Hall–Kier alpha value is -2.16. The minimum absolute atomic E-state index is 0.0453. The van der Waals surface area contributed by atoms with Crippen molar-refractivity contribution in [2.45, 2.75) is 57.8 Å². The largest absolute Gasteiger partial charge is 0.493 e. The fourth-order valence-electron chi connectivity index (χ4n) is 5.81. The van der Waals surface area contributed by atoms with E-state index in [0.29, 0.717) is 17.7 Å². The van der Waals surface area contributed by atoms with E-state index in [0.717, 1.165) is 56.3 Å². The van der Waals surface area contributed by atoms with Gasteiger partial charge in [0.1, 0.15) is 5.75 Å². The second-order valence-corrected chi connectivity index (χ2v) is 11.2. The highest BCUT2D eigenvalue weighted by Crippen LogP contribution is 2.39. The summed E-state index contributed by atoms with van der Waals surface area (Å²) < 4.78 is 5.94. The summed E-state index contributed by atoms with van der Waals surface area (Å²) in [5.41, 5.74) is 3.29. The molecule has 0 unspecified atom stereocenters. The number of carbonyl (C=O) groups is 1. The van der Waals surface area contributed by atoms with E-state index in [-0.39, 0.29) is 6.03 Å². The quantitative estimate of drug-likeness (QED) is 0.507. The number of aromatic nitrogens is 1. The first-order chi connectivity index (χ1) is 17.7. The van der Waals surface area contributed by atoms with Gasteiger partial charge in [0.2, 0.25) is 0 Å². The fourth-order valence-corrected chi connectivity index (χ4v) is 6.51. The number of piperazine rings is 1. The van der Waals surface area contributed by atoms with Crippen molar-refractivity contribution < 1.29 is 9.53 Å². The summed E-state index contributed by atoms with van der Waals surface area (Å²) in [6.07, 6.45) is 9.17. The maximum absolute atomic E-state index is 12.9. The van der Waals surface area contributed by atoms with Crippen LogP contribution in [0.25, 0.3) is 11.3 Å². The molecule has 1 aromatic heterocycles. The van der Waals surface area contributed by atoms with Crippen molar-refractivity contribution in [1.82, 2.24) is 19.7 Å². The zero-order chi connectivity index (χ0) is 24.7. The van der Waals surface area contributed by atoms with Crippen molar-refractivity contribution in [2.75, 3.05) is 64.3 Å². The van der Waals surface area contributed by atoms with Crippen molar-refractivity contribution in [2.24, 2.45) is 0 Å². The average Bonchev–Trinajstić information content (AvgIpc) is 3.61. The van der Waals surface area contributed by atoms with E-state index in [2.05, 4.69) is 33.3 Å². The van der Waals surface area contributed by atoms with Crippen molar-refractivity contribution in [3.8, 4) is 17.0 Å². The lowest BCUT2D eigenvalue weighted by atomic mass is 9.83. The number of rotatable bonds is 8. The SMILES string of the molecule is CCOc1ccc(C2CCCCC2)cc1-c1csc(NC(=O)N2CCN(CCN3CCCC3)CC2)n1. The first kappa shape index (κ1) is 25.5. The van der Waals surface area contributed by atoms with Crippen molar-refractivity contribution >= 4 is 22.5 Å². The lowest BCUT2D eigenvalue weighted by Gasteiger charge is -2.35. The van der Waals surface area contributed by atoms with Crippen LogP contribution in [-0.4, -0.2) is 84.7 Å². The van der Waals surface area contributed by atoms with Gasteiger partial charge in [0.25, 0.3) is 0 Å². The van der Waals surface area contributed by atoms with E-state index >= 15 is 0 Å². The van der Waals surface area contributed by atoms with Crippen LogP contribution in [-0.2, 0) is 0 Å². The standard InChI is InChI=1S/C28H41N5O2S/c1-2-35-26-11-10-23(22-8-4-3-5-9-22)20-24(26)25-21-36-27(29-25)30-28(34)33-18-16-32(17-19-33)15-14-31-12-6-7-13-31/h10-11,20-22H,2-9,12-19H2,1H3,(H,29,30,34). The third-order valence-corrected chi connectivity index (χ3v) is 8.72. The highest BCUT2D eigenvalue weighted by molar-refractivity contribution is 7.14. The molecular weight excluding hydrogens is 470 g/mol. The highest BCUT2D eigenvalue weighted by atomic mass is 32.1. The molecule has 1 aromatic carbocycles. The zero-order valence-corrected chi connectivity index (χ0v) is 22.5. The molecule has 1 aliphatic carbocycles. The van der Waals surface area contributed by atoms with E-state index in [1.54, 1.807) is 0 Å². The molecule has 3 heterocycles. The van der Waals surface area contributed by atoms with Gasteiger partial charge in [-0.05, 0) is 69.3 Å². The van der Waals surface area contributed by atoms with Gasteiger partial charge in [-0.3, -0.25) is 10.2 Å². The molecule has 2 aromatic rings. The number of ether oxygens (including phenoxy) is 1. The molecule has 36 heavy (non-hydrogen) atoms. The molecule has 2 amide bonds. The molecule has 2 saturated heterocycles.